The maximum absolute atomic E-state index is 12.2. The largest absolute Gasteiger partial charge is 0.338 e. The average Bonchev–Trinajstić information content (AvgIpc) is 3.00. The van der Waals surface area contributed by atoms with Crippen molar-refractivity contribution >= 4 is 29.2 Å². The van der Waals surface area contributed by atoms with Gasteiger partial charge in [0.25, 0.3) is 0 Å². The van der Waals surface area contributed by atoms with Crippen LogP contribution in [0.25, 0.3) is 0 Å². The molecule has 2 N–H and O–H groups in total. The summed E-state index contributed by atoms with van der Waals surface area (Å²) in [5.74, 6) is 0.00157. The Balaban J connectivity index is 1.40. The van der Waals surface area contributed by atoms with Gasteiger partial charge in [-0.1, -0.05) is 41.9 Å². The number of rotatable bonds is 6. The SMILES string of the molecule is O=C(NCCCc1ccccc1)N[C@H]1CC(=O)N(c2ccc(Cl)cc2)C1. The zero-order chi connectivity index (χ0) is 18.4. The maximum Gasteiger partial charge on any atom is 0.315 e. The molecule has 0 radical (unpaired) electrons. The van der Waals surface area contributed by atoms with Crippen molar-refractivity contribution in [3.05, 3.63) is 65.2 Å². The summed E-state index contributed by atoms with van der Waals surface area (Å²) in [5.41, 5.74) is 2.06. The highest BCUT2D eigenvalue weighted by atomic mass is 35.5. The van der Waals surface area contributed by atoms with Gasteiger partial charge in [-0.05, 0) is 42.7 Å². The van der Waals surface area contributed by atoms with E-state index in [-0.39, 0.29) is 18.0 Å². The molecule has 0 saturated carbocycles. The van der Waals surface area contributed by atoms with Crippen LogP contribution in [0.3, 0.4) is 0 Å². The number of aryl methyl sites for hydroxylation is 1. The smallest absolute Gasteiger partial charge is 0.315 e. The van der Waals surface area contributed by atoms with Gasteiger partial charge in [0.15, 0.2) is 0 Å². The molecule has 1 saturated heterocycles. The first-order valence-corrected chi connectivity index (χ1v) is 9.14. The van der Waals surface area contributed by atoms with Crippen molar-refractivity contribution in [2.75, 3.05) is 18.0 Å². The molecule has 3 rings (SSSR count). The summed E-state index contributed by atoms with van der Waals surface area (Å²) in [5, 5.41) is 6.37. The van der Waals surface area contributed by atoms with E-state index in [2.05, 4.69) is 22.8 Å². The molecule has 0 spiro atoms. The van der Waals surface area contributed by atoms with Gasteiger partial charge in [-0.25, -0.2) is 4.79 Å². The summed E-state index contributed by atoms with van der Waals surface area (Å²) in [7, 11) is 0. The molecule has 0 aliphatic carbocycles. The van der Waals surface area contributed by atoms with Crippen LogP contribution in [-0.2, 0) is 11.2 Å². The van der Waals surface area contributed by atoms with Crippen LogP contribution in [0.5, 0.6) is 0 Å². The first-order valence-electron chi connectivity index (χ1n) is 8.76. The van der Waals surface area contributed by atoms with Crippen LogP contribution < -0.4 is 15.5 Å². The number of hydrogen-bond acceptors (Lipinski definition) is 2. The van der Waals surface area contributed by atoms with Gasteiger partial charge in [0.2, 0.25) is 5.91 Å². The topological polar surface area (TPSA) is 61.4 Å². The summed E-state index contributed by atoms with van der Waals surface area (Å²) in [6, 6.07) is 16.9. The van der Waals surface area contributed by atoms with Gasteiger partial charge < -0.3 is 15.5 Å². The third-order valence-electron chi connectivity index (χ3n) is 4.37. The predicted molar refractivity (Wildman–Crippen MR) is 104 cm³/mol. The standard InChI is InChI=1S/C20H22ClN3O2/c21-16-8-10-18(11-9-16)24-14-17(13-19(24)25)23-20(26)22-12-4-7-15-5-2-1-3-6-15/h1-3,5-6,8-11,17H,4,7,12-14H2,(H2,22,23,26)/t17-/m0/s1. The zero-order valence-corrected chi connectivity index (χ0v) is 15.2. The number of halogens is 1. The van der Waals surface area contributed by atoms with Crippen LogP contribution in [0, 0.1) is 0 Å². The summed E-state index contributed by atoms with van der Waals surface area (Å²) in [6.45, 7) is 1.07. The van der Waals surface area contributed by atoms with Crippen molar-refractivity contribution in [3.63, 3.8) is 0 Å². The Morgan fingerprint density at radius 3 is 2.58 bits per heavy atom. The maximum atomic E-state index is 12.2. The number of nitrogens with zero attached hydrogens (tertiary/aromatic N) is 1. The summed E-state index contributed by atoms with van der Waals surface area (Å²) < 4.78 is 0. The molecule has 6 heteroatoms. The Hall–Kier alpha value is -2.53. The Morgan fingerprint density at radius 2 is 1.85 bits per heavy atom. The van der Waals surface area contributed by atoms with E-state index in [0.717, 1.165) is 18.5 Å². The Bertz CT molecular complexity index is 749. The molecule has 136 valence electrons. The third-order valence-corrected chi connectivity index (χ3v) is 4.62. The number of carbonyl (C=O) groups excluding carboxylic acids is 2. The lowest BCUT2D eigenvalue weighted by molar-refractivity contribution is -0.117. The van der Waals surface area contributed by atoms with Crippen LogP contribution >= 0.6 is 11.6 Å². The molecular formula is C20H22ClN3O2. The van der Waals surface area contributed by atoms with Crippen molar-refractivity contribution in [1.82, 2.24) is 10.6 Å². The number of hydrogen-bond donors (Lipinski definition) is 2. The van der Waals surface area contributed by atoms with Gasteiger partial charge in [-0.15, -0.1) is 0 Å². The van der Waals surface area contributed by atoms with Gasteiger partial charge >= 0.3 is 6.03 Å². The van der Waals surface area contributed by atoms with E-state index in [1.165, 1.54) is 5.56 Å². The number of nitrogens with one attached hydrogen (secondary N) is 2. The molecule has 1 aliphatic heterocycles. The number of carbonyl (C=O) groups is 2. The van der Waals surface area contributed by atoms with Crippen LogP contribution in [0.2, 0.25) is 5.02 Å². The monoisotopic (exact) mass is 371 g/mol. The summed E-state index contributed by atoms with van der Waals surface area (Å²) in [6.07, 6.45) is 2.10. The summed E-state index contributed by atoms with van der Waals surface area (Å²) >= 11 is 5.88. The quantitative estimate of drug-likeness (QED) is 0.765. The fourth-order valence-electron chi connectivity index (χ4n) is 3.05. The molecule has 0 bridgehead atoms. The first kappa shape index (κ1) is 18.3. The van der Waals surface area contributed by atoms with Crippen molar-refractivity contribution in [3.8, 4) is 0 Å². The highest BCUT2D eigenvalue weighted by Crippen LogP contribution is 2.23. The molecular weight excluding hydrogens is 350 g/mol. The van der Waals surface area contributed by atoms with Crippen LogP contribution in [-0.4, -0.2) is 31.1 Å². The van der Waals surface area contributed by atoms with Crippen molar-refractivity contribution in [2.24, 2.45) is 0 Å². The Labute approximate surface area is 158 Å². The number of amides is 3. The van der Waals surface area contributed by atoms with Crippen LogP contribution in [0.4, 0.5) is 10.5 Å². The number of anilines is 1. The first-order chi connectivity index (χ1) is 12.6. The van der Waals surface area contributed by atoms with E-state index < -0.39 is 0 Å². The minimum absolute atomic E-state index is 0.00157. The van der Waals surface area contributed by atoms with Gasteiger partial charge in [0.1, 0.15) is 0 Å². The van der Waals surface area contributed by atoms with E-state index >= 15 is 0 Å². The molecule has 26 heavy (non-hydrogen) atoms. The zero-order valence-electron chi connectivity index (χ0n) is 14.5. The van der Waals surface area contributed by atoms with Gasteiger partial charge in [-0.2, -0.15) is 0 Å². The fraction of sp³-hybridized carbons (Fsp3) is 0.300. The molecule has 1 heterocycles. The number of urea groups is 1. The predicted octanol–water partition coefficient (Wildman–Crippen LogP) is 3.38. The van der Waals surface area contributed by atoms with Crippen molar-refractivity contribution in [1.29, 1.82) is 0 Å². The van der Waals surface area contributed by atoms with E-state index in [0.29, 0.717) is 24.5 Å². The van der Waals surface area contributed by atoms with Gasteiger partial charge in [-0.3, -0.25) is 4.79 Å². The van der Waals surface area contributed by atoms with Gasteiger partial charge in [0.05, 0.1) is 6.04 Å². The van der Waals surface area contributed by atoms with Gasteiger partial charge in [0, 0.05) is 30.2 Å². The minimum atomic E-state index is -0.228. The highest BCUT2D eigenvalue weighted by molar-refractivity contribution is 6.30. The average molecular weight is 372 g/mol. The second-order valence-electron chi connectivity index (χ2n) is 6.37. The molecule has 2 aromatic carbocycles. The van der Waals surface area contributed by atoms with Crippen LogP contribution in [0.1, 0.15) is 18.4 Å². The molecule has 1 fully saturated rings. The molecule has 3 amide bonds. The lowest BCUT2D eigenvalue weighted by atomic mass is 10.1. The molecule has 5 nitrogen and oxygen atoms in total. The van der Waals surface area contributed by atoms with Crippen molar-refractivity contribution < 1.29 is 9.59 Å². The second kappa shape index (κ2) is 8.72. The lowest BCUT2D eigenvalue weighted by Crippen LogP contribution is -2.43. The van der Waals surface area contributed by atoms with Crippen molar-refractivity contribution in [2.45, 2.75) is 25.3 Å². The van der Waals surface area contributed by atoms with Crippen LogP contribution in [0.15, 0.2) is 54.6 Å². The molecule has 2 aromatic rings. The molecule has 1 atom stereocenters. The minimum Gasteiger partial charge on any atom is -0.338 e. The van der Waals surface area contributed by atoms with E-state index in [4.69, 9.17) is 11.6 Å². The van der Waals surface area contributed by atoms with E-state index in [9.17, 15) is 9.59 Å². The van der Waals surface area contributed by atoms with E-state index in [1.54, 1.807) is 17.0 Å². The lowest BCUT2D eigenvalue weighted by Gasteiger charge is -2.17. The normalized spacial score (nSPS) is 16.6. The van der Waals surface area contributed by atoms with E-state index in [1.807, 2.05) is 30.3 Å². The molecule has 0 aromatic heterocycles. The Morgan fingerprint density at radius 1 is 1.12 bits per heavy atom. The Kier molecular flexibility index (Phi) is 6.12. The number of benzene rings is 2. The third kappa shape index (κ3) is 4.99. The molecule has 1 aliphatic rings. The highest BCUT2D eigenvalue weighted by Gasteiger charge is 2.31. The summed E-state index contributed by atoms with van der Waals surface area (Å²) in [4.78, 5) is 25.9. The molecule has 0 unspecified atom stereocenters. The second-order valence-corrected chi connectivity index (χ2v) is 6.81. The fourth-order valence-corrected chi connectivity index (χ4v) is 3.18.